The van der Waals surface area contributed by atoms with Crippen LogP contribution in [0.1, 0.15) is 25.0 Å². The Morgan fingerprint density at radius 2 is 1.67 bits per heavy atom. The van der Waals surface area contributed by atoms with E-state index in [1.54, 1.807) is 14.2 Å². The van der Waals surface area contributed by atoms with Crippen molar-refractivity contribution in [2.75, 3.05) is 20.8 Å². The lowest BCUT2D eigenvalue weighted by Crippen LogP contribution is -2.33. The van der Waals surface area contributed by atoms with Crippen molar-refractivity contribution >= 4 is 5.96 Å². The summed E-state index contributed by atoms with van der Waals surface area (Å²) in [6.45, 7) is 5.22. The summed E-state index contributed by atoms with van der Waals surface area (Å²) in [5.41, 5.74) is 8.17. The summed E-state index contributed by atoms with van der Waals surface area (Å²) in [4.78, 5) is 4.37. The summed E-state index contributed by atoms with van der Waals surface area (Å²) in [5.74, 6) is 2.69. The van der Waals surface area contributed by atoms with Crippen molar-refractivity contribution in [2.45, 2.75) is 32.9 Å². The summed E-state index contributed by atoms with van der Waals surface area (Å²) >= 11 is 0. The standard InChI is InChI=1S/C21H29N3O3/c1-15(2)27-18-8-5-16(6-9-18)11-12-23-21(22)24-14-17-7-10-19(25-3)20(13-17)26-4/h5-10,13,15H,11-12,14H2,1-4H3,(H3,22,23,24). The largest absolute Gasteiger partial charge is 0.493 e. The molecule has 6 heteroatoms. The Labute approximate surface area is 161 Å². The van der Waals surface area contributed by atoms with Crippen molar-refractivity contribution in [3.8, 4) is 17.2 Å². The van der Waals surface area contributed by atoms with Crippen LogP contribution in [0.25, 0.3) is 0 Å². The highest BCUT2D eigenvalue weighted by atomic mass is 16.5. The monoisotopic (exact) mass is 371 g/mol. The number of hydrogen-bond acceptors (Lipinski definition) is 4. The fourth-order valence-electron chi connectivity index (χ4n) is 2.55. The molecule has 0 bridgehead atoms. The van der Waals surface area contributed by atoms with E-state index < -0.39 is 0 Å². The van der Waals surface area contributed by atoms with Gasteiger partial charge in [0.1, 0.15) is 5.75 Å². The Morgan fingerprint density at radius 3 is 2.30 bits per heavy atom. The minimum Gasteiger partial charge on any atom is -0.493 e. The maximum absolute atomic E-state index is 5.95. The van der Waals surface area contributed by atoms with Gasteiger partial charge < -0.3 is 25.3 Å². The van der Waals surface area contributed by atoms with Crippen molar-refractivity contribution in [3.05, 3.63) is 53.6 Å². The summed E-state index contributed by atoms with van der Waals surface area (Å²) in [6, 6.07) is 13.8. The summed E-state index contributed by atoms with van der Waals surface area (Å²) < 4.78 is 16.2. The van der Waals surface area contributed by atoms with E-state index in [1.165, 1.54) is 5.56 Å². The molecule has 0 unspecified atom stereocenters. The van der Waals surface area contributed by atoms with E-state index in [0.717, 1.165) is 17.7 Å². The minimum absolute atomic E-state index is 0.180. The van der Waals surface area contributed by atoms with Crippen LogP contribution < -0.4 is 25.3 Å². The molecular weight excluding hydrogens is 342 g/mol. The molecule has 2 aromatic rings. The van der Waals surface area contributed by atoms with Gasteiger partial charge in [-0.05, 0) is 55.7 Å². The van der Waals surface area contributed by atoms with Crippen LogP contribution >= 0.6 is 0 Å². The van der Waals surface area contributed by atoms with Crippen LogP contribution in [0.2, 0.25) is 0 Å². The van der Waals surface area contributed by atoms with E-state index in [4.69, 9.17) is 19.9 Å². The highest BCUT2D eigenvalue weighted by molar-refractivity contribution is 5.77. The average molecular weight is 371 g/mol. The van der Waals surface area contributed by atoms with Crippen LogP contribution in [0.3, 0.4) is 0 Å². The zero-order chi connectivity index (χ0) is 19.6. The molecule has 0 aliphatic rings. The topological polar surface area (TPSA) is 78.1 Å². The van der Waals surface area contributed by atoms with Crippen LogP contribution in [0.15, 0.2) is 47.5 Å². The normalized spacial score (nSPS) is 11.4. The van der Waals surface area contributed by atoms with Gasteiger partial charge in [0.15, 0.2) is 17.5 Å². The first-order chi connectivity index (χ1) is 13.0. The van der Waals surface area contributed by atoms with Crippen LogP contribution in [0, 0.1) is 0 Å². The zero-order valence-electron chi connectivity index (χ0n) is 16.5. The zero-order valence-corrected chi connectivity index (χ0v) is 16.5. The number of methoxy groups -OCH3 is 2. The second-order valence-electron chi connectivity index (χ2n) is 6.38. The molecule has 0 spiro atoms. The quantitative estimate of drug-likeness (QED) is 0.523. The predicted octanol–water partition coefficient (Wildman–Crippen LogP) is 3.14. The van der Waals surface area contributed by atoms with E-state index >= 15 is 0 Å². The lowest BCUT2D eigenvalue weighted by Gasteiger charge is -2.11. The molecule has 0 radical (unpaired) electrons. The molecule has 2 rings (SSSR count). The molecule has 6 nitrogen and oxygen atoms in total. The van der Waals surface area contributed by atoms with Gasteiger partial charge in [0.2, 0.25) is 0 Å². The van der Waals surface area contributed by atoms with E-state index in [1.807, 2.05) is 44.2 Å². The van der Waals surface area contributed by atoms with Crippen LogP contribution in [-0.4, -0.2) is 32.8 Å². The van der Waals surface area contributed by atoms with Gasteiger partial charge in [0.05, 0.1) is 26.9 Å². The molecule has 0 fully saturated rings. The third-order valence-electron chi connectivity index (χ3n) is 3.89. The Balaban J connectivity index is 1.80. The average Bonchev–Trinajstić information content (AvgIpc) is 2.67. The molecule has 2 aromatic carbocycles. The Morgan fingerprint density at radius 1 is 1.00 bits per heavy atom. The number of nitrogens with two attached hydrogens (primary N) is 1. The molecular formula is C21H29N3O3. The van der Waals surface area contributed by atoms with E-state index in [0.29, 0.717) is 30.5 Å². The van der Waals surface area contributed by atoms with Gasteiger partial charge in [-0.3, -0.25) is 0 Å². The molecule has 0 atom stereocenters. The molecule has 0 saturated heterocycles. The summed E-state index contributed by atoms with van der Waals surface area (Å²) in [7, 11) is 3.23. The molecule has 0 saturated carbocycles. The van der Waals surface area contributed by atoms with Crippen molar-refractivity contribution in [1.82, 2.24) is 5.32 Å². The molecule has 0 aromatic heterocycles. The number of guanidine groups is 1. The van der Waals surface area contributed by atoms with Gasteiger partial charge in [0.25, 0.3) is 0 Å². The predicted molar refractivity (Wildman–Crippen MR) is 109 cm³/mol. The molecule has 27 heavy (non-hydrogen) atoms. The minimum atomic E-state index is 0.180. The van der Waals surface area contributed by atoms with Crippen molar-refractivity contribution < 1.29 is 14.2 Å². The van der Waals surface area contributed by atoms with Gasteiger partial charge in [-0.2, -0.15) is 0 Å². The van der Waals surface area contributed by atoms with Crippen molar-refractivity contribution in [1.29, 1.82) is 0 Å². The molecule has 3 N–H and O–H groups in total. The molecule has 146 valence electrons. The van der Waals surface area contributed by atoms with Crippen LogP contribution in [0.4, 0.5) is 0 Å². The molecule has 0 heterocycles. The Kier molecular flexibility index (Phi) is 7.79. The number of nitrogens with one attached hydrogen (secondary N) is 1. The summed E-state index contributed by atoms with van der Waals surface area (Å²) in [6.07, 6.45) is 1.04. The van der Waals surface area contributed by atoms with Crippen LogP contribution in [0.5, 0.6) is 17.2 Å². The maximum atomic E-state index is 5.95. The van der Waals surface area contributed by atoms with Gasteiger partial charge in [-0.15, -0.1) is 0 Å². The first kappa shape index (κ1) is 20.4. The van der Waals surface area contributed by atoms with Crippen molar-refractivity contribution in [3.63, 3.8) is 0 Å². The van der Waals surface area contributed by atoms with E-state index in [-0.39, 0.29) is 6.10 Å². The SMILES string of the molecule is COc1ccc(CN=C(N)NCCc2ccc(OC(C)C)cc2)cc1OC. The number of rotatable bonds is 9. The second kappa shape index (κ2) is 10.3. The van der Waals surface area contributed by atoms with E-state index in [9.17, 15) is 0 Å². The lowest BCUT2D eigenvalue weighted by molar-refractivity contribution is 0.242. The number of ether oxygens (including phenoxy) is 3. The van der Waals surface area contributed by atoms with Gasteiger partial charge in [-0.1, -0.05) is 18.2 Å². The fraction of sp³-hybridized carbons (Fsp3) is 0.381. The Hall–Kier alpha value is -2.89. The third kappa shape index (κ3) is 6.73. The van der Waals surface area contributed by atoms with Crippen molar-refractivity contribution in [2.24, 2.45) is 10.7 Å². The molecule has 0 aliphatic heterocycles. The van der Waals surface area contributed by atoms with Gasteiger partial charge >= 0.3 is 0 Å². The highest BCUT2D eigenvalue weighted by Gasteiger charge is 2.04. The number of nitrogens with zero attached hydrogens (tertiary/aromatic N) is 1. The second-order valence-corrected chi connectivity index (χ2v) is 6.38. The van der Waals surface area contributed by atoms with Crippen LogP contribution in [-0.2, 0) is 13.0 Å². The smallest absolute Gasteiger partial charge is 0.188 e. The molecule has 0 amide bonds. The third-order valence-corrected chi connectivity index (χ3v) is 3.89. The first-order valence-corrected chi connectivity index (χ1v) is 9.02. The van der Waals surface area contributed by atoms with Gasteiger partial charge in [0, 0.05) is 6.54 Å². The first-order valence-electron chi connectivity index (χ1n) is 9.02. The number of benzene rings is 2. The maximum Gasteiger partial charge on any atom is 0.188 e. The number of aliphatic imine (C=N–C) groups is 1. The van der Waals surface area contributed by atoms with Gasteiger partial charge in [-0.25, -0.2) is 4.99 Å². The highest BCUT2D eigenvalue weighted by Crippen LogP contribution is 2.27. The molecule has 0 aliphatic carbocycles. The summed E-state index contributed by atoms with van der Waals surface area (Å²) in [5, 5.41) is 3.14. The lowest BCUT2D eigenvalue weighted by atomic mass is 10.1. The number of hydrogen-bond donors (Lipinski definition) is 2. The fourth-order valence-corrected chi connectivity index (χ4v) is 2.55. The van der Waals surface area contributed by atoms with E-state index in [2.05, 4.69) is 22.4 Å². The Bertz CT molecular complexity index is 743.